The summed E-state index contributed by atoms with van der Waals surface area (Å²) in [6.07, 6.45) is 2.00. The lowest BCUT2D eigenvalue weighted by Gasteiger charge is -2.03. The monoisotopic (exact) mass is 322 g/mol. The summed E-state index contributed by atoms with van der Waals surface area (Å²) in [7, 11) is 0. The molecular formula is C16H14N6O2. The zero-order chi connectivity index (χ0) is 16.5. The molecule has 8 heteroatoms. The zero-order valence-electron chi connectivity index (χ0n) is 12.6. The van der Waals surface area contributed by atoms with E-state index in [1.165, 1.54) is 16.1 Å². The Balaban J connectivity index is 1.48. The number of H-pyrrole nitrogens is 1. The van der Waals surface area contributed by atoms with Gasteiger partial charge in [0.1, 0.15) is 6.20 Å². The molecule has 0 radical (unpaired) electrons. The van der Waals surface area contributed by atoms with Gasteiger partial charge in [0.15, 0.2) is 5.82 Å². The Hall–Kier alpha value is -3.42. The molecule has 8 nitrogen and oxygen atoms in total. The number of nitrogens with one attached hydrogen (secondary N) is 2. The number of para-hydroxylation sites is 1. The summed E-state index contributed by atoms with van der Waals surface area (Å²) in [6, 6.07) is 13.7. The molecule has 4 aromatic rings. The topological polar surface area (TPSA) is 101 Å². The number of nitro groups is 1. The number of anilines is 1. The van der Waals surface area contributed by atoms with Gasteiger partial charge in [0, 0.05) is 30.2 Å². The van der Waals surface area contributed by atoms with E-state index in [2.05, 4.69) is 32.5 Å². The van der Waals surface area contributed by atoms with Crippen molar-refractivity contribution >= 4 is 28.2 Å². The average molecular weight is 322 g/mol. The van der Waals surface area contributed by atoms with Crippen LogP contribution in [0.15, 0.2) is 48.7 Å². The van der Waals surface area contributed by atoms with Gasteiger partial charge < -0.3 is 20.4 Å². The Bertz CT molecular complexity index is 1000. The van der Waals surface area contributed by atoms with Crippen LogP contribution >= 0.6 is 0 Å². The second-order valence-electron chi connectivity index (χ2n) is 5.42. The van der Waals surface area contributed by atoms with Gasteiger partial charge in [0.25, 0.3) is 0 Å². The van der Waals surface area contributed by atoms with Crippen LogP contribution in [-0.4, -0.2) is 31.1 Å². The molecule has 2 N–H and O–H groups in total. The van der Waals surface area contributed by atoms with Crippen LogP contribution in [0.4, 0.5) is 11.6 Å². The van der Waals surface area contributed by atoms with E-state index in [0.717, 1.165) is 17.6 Å². The van der Waals surface area contributed by atoms with Gasteiger partial charge in [-0.05, 0) is 28.5 Å². The lowest BCUT2D eigenvalue weighted by atomic mass is 10.2. The number of fused-ring (bicyclic) bond motifs is 2. The van der Waals surface area contributed by atoms with E-state index in [4.69, 9.17) is 0 Å². The molecule has 0 unspecified atom stereocenters. The third-order valence-electron chi connectivity index (χ3n) is 3.82. The smallest absolute Gasteiger partial charge is 0.367 e. The lowest BCUT2D eigenvalue weighted by Crippen LogP contribution is -2.08. The first-order chi connectivity index (χ1) is 11.7. The number of rotatable bonds is 5. The molecule has 0 aliphatic carbocycles. The van der Waals surface area contributed by atoms with Crippen LogP contribution in [0.5, 0.6) is 0 Å². The minimum Gasteiger partial charge on any atom is -0.367 e. The molecule has 3 heterocycles. The summed E-state index contributed by atoms with van der Waals surface area (Å²) in [6.45, 7) is 0.661. The quantitative estimate of drug-likeness (QED) is 0.434. The summed E-state index contributed by atoms with van der Waals surface area (Å²) >= 11 is 0. The largest absolute Gasteiger partial charge is 0.368 e. The maximum absolute atomic E-state index is 11.0. The highest BCUT2D eigenvalue weighted by Crippen LogP contribution is 2.16. The van der Waals surface area contributed by atoms with Crippen LogP contribution in [0.1, 0.15) is 5.69 Å². The van der Waals surface area contributed by atoms with Gasteiger partial charge in [0.2, 0.25) is 5.65 Å². The maximum Gasteiger partial charge on any atom is 0.368 e. The molecule has 24 heavy (non-hydrogen) atoms. The number of nitrogens with zero attached hydrogens (tertiary/aromatic N) is 4. The van der Waals surface area contributed by atoms with Gasteiger partial charge >= 0.3 is 5.82 Å². The third-order valence-corrected chi connectivity index (χ3v) is 3.82. The van der Waals surface area contributed by atoms with E-state index in [1.807, 2.05) is 18.2 Å². The summed E-state index contributed by atoms with van der Waals surface area (Å²) in [5, 5.41) is 19.5. The fourth-order valence-corrected chi connectivity index (χ4v) is 2.67. The lowest BCUT2D eigenvalue weighted by molar-refractivity contribution is -0.391. The average Bonchev–Trinajstić information content (AvgIpc) is 3.17. The van der Waals surface area contributed by atoms with Gasteiger partial charge in [-0.15, -0.1) is 0 Å². The summed E-state index contributed by atoms with van der Waals surface area (Å²) in [5.74, 6) is 0.420. The molecule has 0 amide bonds. The van der Waals surface area contributed by atoms with Gasteiger partial charge in [-0.3, -0.25) is 0 Å². The Morgan fingerprint density at radius 1 is 1.25 bits per heavy atom. The van der Waals surface area contributed by atoms with Gasteiger partial charge in [-0.2, -0.15) is 0 Å². The van der Waals surface area contributed by atoms with Crippen molar-refractivity contribution in [3.63, 3.8) is 0 Å². The molecule has 0 fully saturated rings. The Labute approximate surface area is 136 Å². The highest BCUT2D eigenvalue weighted by atomic mass is 16.6. The molecule has 1 aromatic carbocycles. The van der Waals surface area contributed by atoms with Gasteiger partial charge in [-0.1, -0.05) is 27.8 Å². The molecule has 0 atom stereocenters. The number of aromatic nitrogens is 4. The number of imidazole rings is 1. The van der Waals surface area contributed by atoms with Crippen LogP contribution in [-0.2, 0) is 6.42 Å². The first-order valence-corrected chi connectivity index (χ1v) is 7.50. The van der Waals surface area contributed by atoms with E-state index >= 15 is 0 Å². The zero-order valence-corrected chi connectivity index (χ0v) is 12.6. The predicted octanol–water partition coefficient (Wildman–Crippen LogP) is 2.77. The number of benzene rings is 1. The molecular weight excluding hydrogens is 308 g/mol. The highest BCUT2D eigenvalue weighted by Gasteiger charge is 2.15. The van der Waals surface area contributed by atoms with Crippen LogP contribution < -0.4 is 5.32 Å². The number of aromatic amines is 1. The van der Waals surface area contributed by atoms with Crippen molar-refractivity contribution in [3.8, 4) is 0 Å². The van der Waals surface area contributed by atoms with Crippen LogP contribution in [0.25, 0.3) is 16.6 Å². The standard InChI is InChI=1S/C16H14N6O2/c23-22(24)16-10-18-15-6-5-14(20-21(15)16)17-8-7-12-9-11-3-1-2-4-13(11)19-12/h1-6,9-10,19H,7-8H2,(H,17,20). The second kappa shape index (κ2) is 5.65. The molecule has 0 aliphatic heterocycles. The van der Waals surface area contributed by atoms with Crippen molar-refractivity contribution in [1.82, 2.24) is 19.6 Å². The number of hydrogen-bond acceptors (Lipinski definition) is 5. The minimum absolute atomic E-state index is 0.149. The Morgan fingerprint density at radius 2 is 2.12 bits per heavy atom. The van der Waals surface area contributed by atoms with E-state index in [1.54, 1.807) is 12.1 Å². The van der Waals surface area contributed by atoms with E-state index in [0.29, 0.717) is 18.0 Å². The van der Waals surface area contributed by atoms with Crippen LogP contribution in [0.2, 0.25) is 0 Å². The van der Waals surface area contributed by atoms with Gasteiger partial charge in [0.05, 0.1) is 0 Å². The van der Waals surface area contributed by atoms with Crippen molar-refractivity contribution in [2.75, 3.05) is 11.9 Å². The van der Waals surface area contributed by atoms with Crippen molar-refractivity contribution in [2.24, 2.45) is 0 Å². The Morgan fingerprint density at radius 3 is 2.96 bits per heavy atom. The van der Waals surface area contributed by atoms with Crippen LogP contribution in [0, 0.1) is 10.1 Å². The molecule has 0 aliphatic rings. The first kappa shape index (κ1) is 14.2. The van der Waals surface area contributed by atoms with Crippen molar-refractivity contribution in [2.45, 2.75) is 6.42 Å². The van der Waals surface area contributed by atoms with E-state index in [9.17, 15) is 10.1 Å². The molecule has 0 bridgehead atoms. The molecule has 120 valence electrons. The highest BCUT2D eigenvalue weighted by molar-refractivity contribution is 5.80. The van der Waals surface area contributed by atoms with Crippen molar-refractivity contribution < 1.29 is 4.92 Å². The normalized spacial score (nSPS) is 11.2. The summed E-state index contributed by atoms with van der Waals surface area (Å²) in [5.41, 5.74) is 2.68. The van der Waals surface area contributed by atoms with E-state index < -0.39 is 4.92 Å². The maximum atomic E-state index is 11.0. The fourth-order valence-electron chi connectivity index (χ4n) is 2.67. The number of hydrogen-bond donors (Lipinski definition) is 2. The predicted molar refractivity (Wildman–Crippen MR) is 90.1 cm³/mol. The molecule has 4 rings (SSSR count). The molecule has 0 saturated heterocycles. The SMILES string of the molecule is O=[N+]([O-])c1cnc2ccc(NCCc3cc4ccccc4[nH]3)nn12. The second-order valence-corrected chi connectivity index (χ2v) is 5.42. The van der Waals surface area contributed by atoms with Crippen molar-refractivity contribution in [1.29, 1.82) is 0 Å². The molecule has 0 spiro atoms. The summed E-state index contributed by atoms with van der Waals surface area (Å²) in [4.78, 5) is 17.8. The fraction of sp³-hybridized carbons (Fsp3) is 0.125. The third kappa shape index (κ3) is 2.54. The molecule has 3 aromatic heterocycles. The first-order valence-electron chi connectivity index (χ1n) is 7.50. The minimum atomic E-state index is -0.499. The molecule has 0 saturated carbocycles. The Kier molecular flexibility index (Phi) is 3.34. The van der Waals surface area contributed by atoms with Crippen molar-refractivity contribution in [3.05, 3.63) is 64.5 Å². The van der Waals surface area contributed by atoms with Crippen LogP contribution in [0.3, 0.4) is 0 Å². The van der Waals surface area contributed by atoms with E-state index in [-0.39, 0.29) is 5.82 Å². The van der Waals surface area contributed by atoms with Gasteiger partial charge in [-0.25, -0.2) is 4.98 Å². The summed E-state index contributed by atoms with van der Waals surface area (Å²) < 4.78 is 1.23.